The molecule has 48 heavy (non-hydrogen) atoms. The van der Waals surface area contributed by atoms with Crippen LogP contribution >= 0.6 is 15.9 Å². The maximum absolute atomic E-state index is 12.5. The lowest BCUT2D eigenvalue weighted by Crippen LogP contribution is -2.45. The van der Waals surface area contributed by atoms with E-state index in [2.05, 4.69) is 43.2 Å². The van der Waals surface area contributed by atoms with Crippen molar-refractivity contribution in [3.8, 4) is 29.1 Å². The number of hydrogen-bond acceptors (Lipinski definition) is 11. The molecular weight excluding hydrogens is 686 g/mol. The van der Waals surface area contributed by atoms with E-state index in [-0.39, 0.29) is 18.8 Å². The van der Waals surface area contributed by atoms with Crippen LogP contribution in [-0.4, -0.2) is 56.5 Å². The largest absolute Gasteiger partial charge is 0.490 e. The zero-order valence-corrected chi connectivity index (χ0v) is 28.4. The number of allylic oxidation sites excluding steroid dienone is 1. The average molecular weight is 723 g/mol. The van der Waals surface area contributed by atoms with Crippen molar-refractivity contribution in [3.63, 3.8) is 0 Å². The van der Waals surface area contributed by atoms with Crippen LogP contribution in [0.1, 0.15) is 49.1 Å². The highest BCUT2D eigenvalue weighted by Gasteiger charge is 2.32. The number of aliphatic hydroxyl groups excluding tert-OH is 1. The first kappa shape index (κ1) is 35.6. The third kappa shape index (κ3) is 8.96. The van der Waals surface area contributed by atoms with Crippen molar-refractivity contribution in [2.24, 2.45) is 5.10 Å². The Bertz CT molecular complexity index is 1740. The maximum atomic E-state index is 12.5. The molecule has 0 radical (unpaired) electrons. The minimum absolute atomic E-state index is 0.178. The summed E-state index contributed by atoms with van der Waals surface area (Å²) in [7, 11) is 1.27. The molecule has 14 heteroatoms. The molecule has 252 valence electrons. The molecule has 0 aromatic heterocycles. The summed E-state index contributed by atoms with van der Waals surface area (Å²) in [6, 6.07) is 16.6. The minimum Gasteiger partial charge on any atom is -0.490 e. The van der Waals surface area contributed by atoms with Crippen molar-refractivity contribution < 1.29 is 38.4 Å². The SMILES string of the molecule is CCOc1cc([C@H]2NC(=O)NC(C)=C2C(=O)OC)ccc1OC[C@H](O)N/N=C\c1cc(Br)c(OCc2ccccc2C#N)c(OCC)c1. The number of carbonyl (C=O) groups excluding carboxylic acids is 2. The summed E-state index contributed by atoms with van der Waals surface area (Å²) in [4.78, 5) is 24.7. The Morgan fingerprint density at radius 2 is 1.83 bits per heavy atom. The zero-order valence-electron chi connectivity index (χ0n) is 26.8. The molecule has 0 fully saturated rings. The molecule has 1 aliphatic rings. The quantitative estimate of drug-likeness (QED) is 0.0738. The molecule has 13 nitrogen and oxygen atoms in total. The summed E-state index contributed by atoms with van der Waals surface area (Å²) in [5, 5.41) is 29.4. The third-order valence-electron chi connectivity index (χ3n) is 6.95. The van der Waals surface area contributed by atoms with Crippen LogP contribution in [0.4, 0.5) is 4.79 Å². The van der Waals surface area contributed by atoms with Gasteiger partial charge in [-0.05, 0) is 78.2 Å². The van der Waals surface area contributed by atoms with Gasteiger partial charge in [0.2, 0.25) is 0 Å². The highest BCUT2D eigenvalue weighted by Crippen LogP contribution is 2.38. The smallest absolute Gasteiger partial charge is 0.337 e. The lowest BCUT2D eigenvalue weighted by molar-refractivity contribution is -0.136. The number of methoxy groups -OCH3 is 1. The van der Waals surface area contributed by atoms with E-state index < -0.39 is 24.3 Å². The second-order valence-corrected chi connectivity index (χ2v) is 11.1. The predicted octanol–water partition coefficient (Wildman–Crippen LogP) is 4.82. The number of rotatable bonds is 15. The zero-order chi connectivity index (χ0) is 34.6. The maximum Gasteiger partial charge on any atom is 0.337 e. The molecule has 2 amide bonds. The topological polar surface area (TPSA) is 173 Å². The van der Waals surface area contributed by atoms with Gasteiger partial charge in [-0.25, -0.2) is 9.59 Å². The molecule has 0 unspecified atom stereocenters. The lowest BCUT2D eigenvalue weighted by Gasteiger charge is -2.28. The molecule has 0 bridgehead atoms. The molecule has 3 aromatic rings. The number of hydrogen-bond donors (Lipinski definition) is 4. The molecule has 0 aliphatic carbocycles. The number of urea groups is 1. The van der Waals surface area contributed by atoms with Gasteiger partial charge < -0.3 is 39.4 Å². The van der Waals surface area contributed by atoms with Crippen LogP contribution in [0, 0.1) is 11.3 Å². The second-order valence-electron chi connectivity index (χ2n) is 10.2. The van der Waals surface area contributed by atoms with E-state index in [1.54, 1.807) is 56.3 Å². The Kier molecular flexibility index (Phi) is 12.6. The number of nitrogens with zero attached hydrogens (tertiary/aromatic N) is 2. The standard InChI is InChI=1S/C34H36BrN5O8/c1-5-45-27-15-22(31-30(33(42)44-4)20(3)38-34(43)39-31)11-12-26(27)47-19-29(41)40-37-17-21-13-25(35)32(28(14-21)46-6-2)48-18-24-10-8-7-9-23(24)16-36/h7-15,17,29,31,40-41H,5-6,18-19H2,1-4H3,(H2,38,39,43)/b37-17-/t29-,31+/m0/s1. The summed E-state index contributed by atoms with van der Waals surface area (Å²) in [5.41, 5.74) is 5.78. The van der Waals surface area contributed by atoms with Gasteiger partial charge in [0, 0.05) is 11.3 Å². The van der Waals surface area contributed by atoms with Gasteiger partial charge in [-0.2, -0.15) is 10.4 Å². The van der Waals surface area contributed by atoms with E-state index in [1.807, 2.05) is 19.1 Å². The Morgan fingerprint density at radius 3 is 2.56 bits per heavy atom. The predicted molar refractivity (Wildman–Crippen MR) is 180 cm³/mol. The van der Waals surface area contributed by atoms with E-state index in [0.717, 1.165) is 5.56 Å². The van der Waals surface area contributed by atoms with Gasteiger partial charge in [0.15, 0.2) is 29.2 Å². The first-order valence-electron chi connectivity index (χ1n) is 15.0. The minimum atomic E-state index is -1.19. The third-order valence-corrected chi connectivity index (χ3v) is 7.54. The van der Waals surface area contributed by atoms with Crippen LogP contribution in [0.15, 0.2) is 75.4 Å². The molecule has 0 saturated carbocycles. The molecule has 3 aromatic carbocycles. The molecule has 4 N–H and O–H groups in total. The Morgan fingerprint density at radius 1 is 1.08 bits per heavy atom. The van der Waals surface area contributed by atoms with Gasteiger partial charge in [-0.15, -0.1) is 0 Å². The van der Waals surface area contributed by atoms with Gasteiger partial charge in [-0.3, -0.25) is 5.43 Å². The molecule has 4 rings (SSSR count). The fourth-order valence-corrected chi connectivity index (χ4v) is 5.36. The van der Waals surface area contributed by atoms with Crippen LogP contribution in [0.25, 0.3) is 0 Å². The van der Waals surface area contributed by atoms with Gasteiger partial charge in [0.1, 0.15) is 13.2 Å². The van der Waals surface area contributed by atoms with Crippen LogP contribution in [0.3, 0.4) is 0 Å². The summed E-state index contributed by atoms with van der Waals surface area (Å²) >= 11 is 3.54. The second kappa shape index (κ2) is 17.1. The number of nitriles is 1. The summed E-state index contributed by atoms with van der Waals surface area (Å²) in [5.74, 6) is 1.07. The van der Waals surface area contributed by atoms with Crippen molar-refractivity contribution in [3.05, 3.63) is 92.6 Å². The first-order chi connectivity index (χ1) is 23.2. The van der Waals surface area contributed by atoms with Crippen molar-refractivity contribution in [1.82, 2.24) is 16.1 Å². The van der Waals surface area contributed by atoms with Crippen LogP contribution < -0.4 is 35.0 Å². The van der Waals surface area contributed by atoms with Crippen molar-refractivity contribution in [1.29, 1.82) is 5.26 Å². The fraction of sp³-hybridized carbons (Fsp3) is 0.294. The van der Waals surface area contributed by atoms with Crippen LogP contribution in [0.5, 0.6) is 23.0 Å². The van der Waals surface area contributed by atoms with E-state index in [0.29, 0.717) is 63.1 Å². The van der Waals surface area contributed by atoms with Crippen LogP contribution in [-0.2, 0) is 16.1 Å². The molecule has 2 atom stereocenters. The normalized spacial score (nSPS) is 14.8. The number of carbonyl (C=O) groups is 2. The number of nitrogens with one attached hydrogen (secondary N) is 3. The average Bonchev–Trinajstić information content (AvgIpc) is 3.07. The van der Waals surface area contributed by atoms with Gasteiger partial charge >= 0.3 is 12.0 Å². The fourth-order valence-electron chi connectivity index (χ4n) is 4.79. The summed E-state index contributed by atoms with van der Waals surface area (Å²) < 4.78 is 28.9. The van der Waals surface area contributed by atoms with Gasteiger partial charge in [-0.1, -0.05) is 24.3 Å². The number of esters is 1. The van der Waals surface area contributed by atoms with Crippen molar-refractivity contribution in [2.75, 3.05) is 26.9 Å². The monoisotopic (exact) mass is 721 g/mol. The summed E-state index contributed by atoms with van der Waals surface area (Å²) in [6.45, 7) is 5.99. The first-order valence-corrected chi connectivity index (χ1v) is 15.8. The van der Waals surface area contributed by atoms with Crippen molar-refractivity contribution >= 4 is 34.1 Å². The molecule has 1 heterocycles. The van der Waals surface area contributed by atoms with Gasteiger partial charge in [0.05, 0.1) is 54.3 Å². The number of ether oxygens (including phenoxy) is 5. The highest BCUT2D eigenvalue weighted by atomic mass is 79.9. The van der Waals surface area contributed by atoms with Gasteiger partial charge in [0.25, 0.3) is 0 Å². The Labute approximate surface area is 286 Å². The molecule has 1 aliphatic heterocycles. The van der Waals surface area contributed by atoms with E-state index in [9.17, 15) is 20.0 Å². The van der Waals surface area contributed by atoms with E-state index in [1.165, 1.54) is 13.3 Å². The Hall–Kier alpha value is -5.26. The number of halogens is 1. The van der Waals surface area contributed by atoms with E-state index >= 15 is 0 Å². The Balaban J connectivity index is 1.41. The van der Waals surface area contributed by atoms with Crippen LogP contribution in [0.2, 0.25) is 0 Å². The number of benzene rings is 3. The van der Waals surface area contributed by atoms with E-state index in [4.69, 9.17) is 23.7 Å². The molecule has 0 saturated heterocycles. The van der Waals surface area contributed by atoms with Crippen molar-refractivity contribution in [2.45, 2.75) is 39.6 Å². The highest BCUT2D eigenvalue weighted by molar-refractivity contribution is 9.10. The molecule has 0 spiro atoms. The number of aliphatic hydroxyl groups is 1. The summed E-state index contributed by atoms with van der Waals surface area (Å²) in [6.07, 6.45) is 0.321. The number of hydrazone groups is 1. The number of amides is 2. The molecular formula is C34H36BrN5O8. The lowest BCUT2D eigenvalue weighted by atomic mass is 9.95.